The van der Waals surface area contributed by atoms with Crippen LogP contribution in [0.15, 0.2) is 34.1 Å². The third-order valence-electron chi connectivity index (χ3n) is 4.58. The van der Waals surface area contributed by atoms with Crippen LogP contribution in [0.4, 0.5) is 0 Å². The minimum absolute atomic E-state index is 0.0176. The molecule has 0 fully saturated rings. The molecule has 27 heavy (non-hydrogen) atoms. The zero-order chi connectivity index (χ0) is 19.1. The van der Waals surface area contributed by atoms with E-state index in [9.17, 15) is 4.79 Å². The first-order valence-electron chi connectivity index (χ1n) is 9.61. The van der Waals surface area contributed by atoms with Crippen LogP contribution in [0.5, 0.6) is 0 Å². The summed E-state index contributed by atoms with van der Waals surface area (Å²) in [5, 5.41) is 11.7. The average molecular weight is 391 g/mol. The first kappa shape index (κ1) is 19.5. The quantitative estimate of drug-likeness (QED) is 0.431. The SMILES string of the molecule is CCNC(=NCc1ccccc1Cl)NCCCn1nc2n(c1=O)CCCC2. The monoisotopic (exact) mass is 390 g/mol. The fourth-order valence-corrected chi connectivity index (χ4v) is 3.36. The lowest BCUT2D eigenvalue weighted by Crippen LogP contribution is -2.38. The fourth-order valence-electron chi connectivity index (χ4n) is 3.16. The Balaban J connectivity index is 1.51. The summed E-state index contributed by atoms with van der Waals surface area (Å²) in [5.41, 5.74) is 1.01. The van der Waals surface area contributed by atoms with Gasteiger partial charge in [-0.2, -0.15) is 5.10 Å². The zero-order valence-electron chi connectivity index (χ0n) is 15.7. The Labute approximate surface area is 164 Å². The van der Waals surface area contributed by atoms with Crippen molar-refractivity contribution in [2.24, 2.45) is 4.99 Å². The molecule has 0 aliphatic carbocycles. The maximum atomic E-state index is 12.3. The molecule has 2 aromatic rings. The average Bonchev–Trinajstić information content (AvgIpc) is 3.00. The van der Waals surface area contributed by atoms with Crippen LogP contribution in [0.2, 0.25) is 5.02 Å². The lowest BCUT2D eigenvalue weighted by molar-refractivity contribution is 0.509. The Kier molecular flexibility index (Phi) is 6.92. The number of guanidine groups is 1. The van der Waals surface area contributed by atoms with Crippen molar-refractivity contribution in [2.75, 3.05) is 13.1 Å². The van der Waals surface area contributed by atoms with Crippen LogP contribution in [0, 0.1) is 0 Å². The Morgan fingerprint density at radius 2 is 2.15 bits per heavy atom. The largest absolute Gasteiger partial charge is 0.357 e. The van der Waals surface area contributed by atoms with E-state index in [-0.39, 0.29) is 5.69 Å². The highest BCUT2D eigenvalue weighted by atomic mass is 35.5. The van der Waals surface area contributed by atoms with E-state index in [0.717, 1.165) is 61.1 Å². The van der Waals surface area contributed by atoms with Gasteiger partial charge in [0.1, 0.15) is 5.82 Å². The molecule has 0 saturated carbocycles. The van der Waals surface area contributed by atoms with Gasteiger partial charge in [0, 0.05) is 37.6 Å². The van der Waals surface area contributed by atoms with Crippen molar-refractivity contribution in [3.05, 3.63) is 51.2 Å². The van der Waals surface area contributed by atoms with E-state index in [1.165, 1.54) is 0 Å². The number of halogens is 1. The van der Waals surface area contributed by atoms with Gasteiger partial charge in [-0.3, -0.25) is 4.57 Å². The number of hydrogen-bond donors (Lipinski definition) is 2. The van der Waals surface area contributed by atoms with Crippen LogP contribution in [0.3, 0.4) is 0 Å². The van der Waals surface area contributed by atoms with E-state index >= 15 is 0 Å². The van der Waals surface area contributed by atoms with Crippen molar-refractivity contribution in [2.45, 2.75) is 52.2 Å². The number of nitrogens with one attached hydrogen (secondary N) is 2. The molecular weight excluding hydrogens is 364 g/mol. The second kappa shape index (κ2) is 9.60. The molecule has 3 rings (SSSR count). The number of aryl methyl sites for hydroxylation is 2. The molecule has 2 heterocycles. The van der Waals surface area contributed by atoms with Crippen molar-refractivity contribution in [3.63, 3.8) is 0 Å². The summed E-state index contributed by atoms with van der Waals surface area (Å²) in [6, 6.07) is 7.71. The highest BCUT2D eigenvalue weighted by Gasteiger charge is 2.16. The van der Waals surface area contributed by atoms with Crippen LogP contribution in [-0.4, -0.2) is 33.4 Å². The molecule has 1 aliphatic heterocycles. The van der Waals surface area contributed by atoms with E-state index in [2.05, 4.69) is 20.7 Å². The van der Waals surface area contributed by atoms with E-state index < -0.39 is 0 Å². The van der Waals surface area contributed by atoms with Gasteiger partial charge in [0.15, 0.2) is 5.96 Å². The summed E-state index contributed by atoms with van der Waals surface area (Å²) in [6.07, 6.45) is 3.88. The van der Waals surface area contributed by atoms with Gasteiger partial charge >= 0.3 is 5.69 Å². The van der Waals surface area contributed by atoms with Gasteiger partial charge in [-0.1, -0.05) is 29.8 Å². The summed E-state index contributed by atoms with van der Waals surface area (Å²) >= 11 is 6.19. The van der Waals surface area contributed by atoms with Crippen molar-refractivity contribution < 1.29 is 0 Å². The molecule has 0 radical (unpaired) electrons. The van der Waals surface area contributed by atoms with E-state index in [4.69, 9.17) is 11.6 Å². The first-order valence-corrected chi connectivity index (χ1v) is 9.99. The third-order valence-corrected chi connectivity index (χ3v) is 4.95. The molecule has 0 unspecified atom stereocenters. The van der Waals surface area contributed by atoms with Crippen molar-refractivity contribution in [1.29, 1.82) is 0 Å². The predicted molar refractivity (Wildman–Crippen MR) is 108 cm³/mol. The van der Waals surface area contributed by atoms with Crippen molar-refractivity contribution in [3.8, 4) is 0 Å². The molecule has 0 bridgehead atoms. The van der Waals surface area contributed by atoms with Crippen LogP contribution in [0.25, 0.3) is 0 Å². The highest BCUT2D eigenvalue weighted by Crippen LogP contribution is 2.15. The topological polar surface area (TPSA) is 76.2 Å². The Morgan fingerprint density at radius 1 is 1.30 bits per heavy atom. The van der Waals surface area contributed by atoms with Crippen LogP contribution in [-0.2, 0) is 26.1 Å². The lowest BCUT2D eigenvalue weighted by atomic mass is 10.2. The molecule has 1 aromatic heterocycles. The Morgan fingerprint density at radius 3 is 2.93 bits per heavy atom. The molecule has 1 aromatic carbocycles. The number of rotatable bonds is 7. The molecular formula is C19H27ClN6O. The first-order chi connectivity index (χ1) is 13.2. The summed E-state index contributed by atoms with van der Waals surface area (Å²) in [4.78, 5) is 16.9. The molecule has 2 N–H and O–H groups in total. The molecule has 0 saturated heterocycles. The van der Waals surface area contributed by atoms with Gasteiger partial charge in [0.2, 0.25) is 0 Å². The van der Waals surface area contributed by atoms with E-state index in [1.54, 1.807) is 4.68 Å². The summed E-state index contributed by atoms with van der Waals surface area (Å²) in [5.74, 6) is 1.67. The molecule has 7 nitrogen and oxygen atoms in total. The van der Waals surface area contributed by atoms with Gasteiger partial charge < -0.3 is 10.6 Å². The van der Waals surface area contributed by atoms with E-state index in [1.807, 2.05) is 35.8 Å². The third kappa shape index (κ3) is 5.13. The molecule has 0 atom stereocenters. The number of aromatic nitrogens is 3. The molecule has 146 valence electrons. The standard InChI is InChI=1S/C19H27ClN6O/c1-2-21-18(23-14-15-8-3-4-9-16(15)20)22-11-7-13-26-19(27)25-12-6-5-10-17(25)24-26/h3-4,8-9H,2,5-7,10-14H2,1H3,(H2,21,22,23). The molecule has 1 aliphatic rings. The minimum atomic E-state index is 0.0176. The zero-order valence-corrected chi connectivity index (χ0v) is 16.5. The van der Waals surface area contributed by atoms with Gasteiger partial charge in [0.05, 0.1) is 6.54 Å². The van der Waals surface area contributed by atoms with Gasteiger partial charge in [-0.05, 0) is 37.8 Å². The van der Waals surface area contributed by atoms with Crippen LogP contribution < -0.4 is 16.3 Å². The summed E-state index contributed by atoms with van der Waals surface area (Å²) < 4.78 is 3.40. The predicted octanol–water partition coefficient (Wildman–Crippen LogP) is 2.18. The smallest absolute Gasteiger partial charge is 0.345 e. The number of nitrogens with zero attached hydrogens (tertiary/aromatic N) is 4. The van der Waals surface area contributed by atoms with Gasteiger partial charge in [-0.15, -0.1) is 0 Å². The van der Waals surface area contributed by atoms with Gasteiger partial charge in [-0.25, -0.2) is 14.5 Å². The Bertz CT molecular complexity index is 841. The Hall–Kier alpha value is -2.28. The second-order valence-corrected chi connectivity index (χ2v) is 7.00. The molecule has 0 amide bonds. The number of benzene rings is 1. The van der Waals surface area contributed by atoms with Crippen LogP contribution in [0.1, 0.15) is 37.6 Å². The maximum absolute atomic E-state index is 12.3. The molecule has 0 spiro atoms. The van der Waals surface area contributed by atoms with Crippen LogP contribution >= 0.6 is 11.6 Å². The number of hydrogen-bond acceptors (Lipinski definition) is 3. The second-order valence-electron chi connectivity index (χ2n) is 6.60. The minimum Gasteiger partial charge on any atom is -0.357 e. The fraction of sp³-hybridized carbons (Fsp3) is 0.526. The summed E-state index contributed by atoms with van der Waals surface area (Å²) in [7, 11) is 0. The number of aliphatic imine (C=N–C) groups is 1. The normalized spacial score (nSPS) is 14.1. The number of fused-ring (bicyclic) bond motifs is 1. The van der Waals surface area contributed by atoms with Crippen molar-refractivity contribution in [1.82, 2.24) is 25.0 Å². The maximum Gasteiger partial charge on any atom is 0.345 e. The van der Waals surface area contributed by atoms with E-state index in [0.29, 0.717) is 19.6 Å². The lowest BCUT2D eigenvalue weighted by Gasteiger charge is -2.11. The van der Waals surface area contributed by atoms with Gasteiger partial charge in [0.25, 0.3) is 0 Å². The molecule has 8 heteroatoms. The highest BCUT2D eigenvalue weighted by molar-refractivity contribution is 6.31. The summed E-state index contributed by atoms with van der Waals surface area (Å²) in [6.45, 7) is 5.44. The van der Waals surface area contributed by atoms with Crippen molar-refractivity contribution >= 4 is 17.6 Å².